The zero-order chi connectivity index (χ0) is 17.6. The Morgan fingerprint density at radius 2 is 1.92 bits per heavy atom. The van der Waals surface area contributed by atoms with Gasteiger partial charge in [0.2, 0.25) is 0 Å². The summed E-state index contributed by atoms with van der Waals surface area (Å²) in [6.45, 7) is 1.46. The van der Waals surface area contributed by atoms with Gasteiger partial charge < -0.3 is 14.9 Å². The number of hydrogen-bond acceptors (Lipinski definition) is 4. The van der Waals surface area contributed by atoms with Crippen LogP contribution >= 0.6 is 0 Å². The Balaban J connectivity index is 1.65. The van der Waals surface area contributed by atoms with Crippen LogP contribution in [0.1, 0.15) is 30.0 Å². The third-order valence-electron chi connectivity index (χ3n) is 5.98. The minimum atomic E-state index is -0.440. The molecule has 0 radical (unpaired) electrons. The molecule has 0 amide bonds. The molecule has 132 valence electrons. The van der Waals surface area contributed by atoms with E-state index in [4.69, 9.17) is 0 Å². The van der Waals surface area contributed by atoms with Crippen LogP contribution in [0, 0.1) is 5.82 Å². The second kappa shape index (κ2) is 6.07. The zero-order valence-electron chi connectivity index (χ0n) is 14.7. The van der Waals surface area contributed by atoms with E-state index in [1.807, 2.05) is 20.2 Å². The number of fused-ring (bicyclic) bond motifs is 2. The summed E-state index contributed by atoms with van der Waals surface area (Å²) in [4.78, 5) is 8.01. The fourth-order valence-corrected chi connectivity index (χ4v) is 4.74. The van der Waals surface area contributed by atoms with E-state index in [-0.39, 0.29) is 17.3 Å². The highest BCUT2D eigenvalue weighted by Gasteiger charge is 2.53. The van der Waals surface area contributed by atoms with E-state index in [2.05, 4.69) is 33.0 Å². The monoisotopic (exact) mass is 341 g/mol. The van der Waals surface area contributed by atoms with Crippen molar-refractivity contribution in [3.63, 3.8) is 0 Å². The molecule has 1 spiro atoms. The lowest BCUT2D eigenvalue weighted by Crippen LogP contribution is -2.49. The summed E-state index contributed by atoms with van der Waals surface area (Å²) in [6, 6.07) is 10.1. The van der Waals surface area contributed by atoms with Gasteiger partial charge in [-0.1, -0.05) is 24.3 Å². The fraction of sp³-hybridized carbons (Fsp3) is 0.450. The van der Waals surface area contributed by atoms with Crippen LogP contribution in [0.5, 0.6) is 0 Å². The Morgan fingerprint density at radius 1 is 1.20 bits per heavy atom. The van der Waals surface area contributed by atoms with Gasteiger partial charge in [-0.15, -0.1) is 0 Å². The molecule has 0 unspecified atom stereocenters. The molecule has 4 rings (SSSR count). The maximum absolute atomic E-state index is 14.1. The van der Waals surface area contributed by atoms with E-state index in [0.717, 1.165) is 25.9 Å². The Hall–Kier alpha value is -1.98. The first kappa shape index (κ1) is 16.5. The van der Waals surface area contributed by atoms with Crippen LogP contribution in [-0.4, -0.2) is 48.3 Å². The Kier molecular flexibility index (Phi) is 4.01. The van der Waals surface area contributed by atoms with Crippen molar-refractivity contribution in [2.24, 2.45) is 0 Å². The topological polar surface area (TPSA) is 39.6 Å². The molecule has 2 aliphatic rings. The third-order valence-corrected chi connectivity index (χ3v) is 5.98. The average molecular weight is 341 g/mol. The zero-order valence-corrected chi connectivity index (χ0v) is 14.7. The van der Waals surface area contributed by atoms with Crippen molar-refractivity contribution in [3.8, 4) is 0 Å². The van der Waals surface area contributed by atoms with Crippen LogP contribution in [0.3, 0.4) is 0 Å². The molecule has 0 saturated carbocycles. The highest BCUT2D eigenvalue weighted by molar-refractivity contribution is 5.50. The molecule has 2 atom stereocenters. The summed E-state index contributed by atoms with van der Waals surface area (Å²) in [5, 5.41) is 11.2. The van der Waals surface area contributed by atoms with Crippen LogP contribution in [0.4, 0.5) is 10.1 Å². The fourth-order valence-electron chi connectivity index (χ4n) is 4.74. The Bertz CT molecular complexity index is 771. The van der Waals surface area contributed by atoms with Crippen molar-refractivity contribution < 1.29 is 9.50 Å². The summed E-state index contributed by atoms with van der Waals surface area (Å²) < 4.78 is 14.1. The normalized spacial score (nSPS) is 24.8. The molecule has 1 fully saturated rings. The second-order valence-corrected chi connectivity index (χ2v) is 7.41. The van der Waals surface area contributed by atoms with Crippen molar-refractivity contribution in [1.82, 2.24) is 9.88 Å². The number of halogens is 1. The van der Waals surface area contributed by atoms with Crippen LogP contribution in [0.2, 0.25) is 0 Å². The number of pyridine rings is 1. The van der Waals surface area contributed by atoms with Gasteiger partial charge in [-0.25, -0.2) is 4.39 Å². The van der Waals surface area contributed by atoms with Gasteiger partial charge in [0.05, 0.1) is 24.0 Å². The van der Waals surface area contributed by atoms with Crippen LogP contribution in [0.25, 0.3) is 0 Å². The van der Waals surface area contributed by atoms with Crippen LogP contribution in [-0.2, 0) is 5.41 Å². The number of aromatic nitrogens is 1. The summed E-state index contributed by atoms with van der Waals surface area (Å²) in [5.74, 6) is -0.281. The van der Waals surface area contributed by atoms with Gasteiger partial charge in [-0.05, 0) is 44.1 Å². The molecular formula is C20H24FN3O. The second-order valence-electron chi connectivity index (χ2n) is 7.41. The van der Waals surface area contributed by atoms with E-state index in [0.29, 0.717) is 5.69 Å². The molecule has 2 heterocycles. The number of piperidine rings is 1. The van der Waals surface area contributed by atoms with Crippen molar-refractivity contribution in [2.45, 2.75) is 30.4 Å². The quantitative estimate of drug-likeness (QED) is 0.912. The standard InChI is InChI=1S/C20H24FN3O/c1-23(2)18-14-5-3-4-6-15(14)20(19(18)25)8-11-24(12-9-20)17-7-10-22-13-16(17)21/h3-7,10,13,18-19,25H,8-9,11-12H2,1-2H3/t18-,19+/m1/s1. The number of benzene rings is 1. The molecule has 5 heteroatoms. The van der Waals surface area contributed by atoms with Gasteiger partial charge in [0.1, 0.15) is 0 Å². The maximum atomic E-state index is 14.1. The molecular weight excluding hydrogens is 317 g/mol. The molecule has 1 aromatic heterocycles. The van der Waals surface area contributed by atoms with Crippen LogP contribution < -0.4 is 4.90 Å². The smallest absolute Gasteiger partial charge is 0.164 e. The van der Waals surface area contributed by atoms with E-state index in [9.17, 15) is 9.50 Å². The first-order chi connectivity index (χ1) is 12.0. The average Bonchev–Trinajstić information content (AvgIpc) is 2.85. The number of likely N-dealkylation sites (N-methyl/N-ethyl adjacent to an activating group) is 1. The number of aliphatic hydroxyl groups is 1. The van der Waals surface area contributed by atoms with Crippen molar-refractivity contribution in [3.05, 3.63) is 59.7 Å². The Labute approximate surface area is 147 Å². The SMILES string of the molecule is CN(C)[C@@H]1c2ccccc2C2(CCN(c3ccncc3F)CC2)[C@H]1O. The minimum Gasteiger partial charge on any atom is -0.390 e. The number of nitrogens with zero attached hydrogens (tertiary/aromatic N) is 3. The van der Waals surface area contributed by atoms with Crippen LogP contribution in [0.15, 0.2) is 42.7 Å². The first-order valence-electron chi connectivity index (χ1n) is 8.83. The highest BCUT2D eigenvalue weighted by Crippen LogP contribution is 2.52. The summed E-state index contributed by atoms with van der Waals surface area (Å²) >= 11 is 0. The third kappa shape index (κ3) is 2.45. The van der Waals surface area contributed by atoms with Gasteiger partial charge in [-0.2, -0.15) is 0 Å². The lowest BCUT2D eigenvalue weighted by Gasteiger charge is -2.44. The number of hydrogen-bond donors (Lipinski definition) is 1. The lowest BCUT2D eigenvalue weighted by molar-refractivity contribution is 0.0166. The first-order valence-corrected chi connectivity index (χ1v) is 8.83. The molecule has 1 aromatic carbocycles. The van der Waals surface area contributed by atoms with Gasteiger partial charge in [0.15, 0.2) is 5.82 Å². The maximum Gasteiger partial charge on any atom is 0.164 e. The van der Waals surface area contributed by atoms with Gasteiger partial charge in [0, 0.05) is 24.7 Å². The molecule has 1 aliphatic heterocycles. The molecule has 1 N–H and O–H groups in total. The van der Waals surface area contributed by atoms with Crippen molar-refractivity contribution in [2.75, 3.05) is 32.1 Å². The lowest BCUT2D eigenvalue weighted by atomic mass is 9.72. The predicted octanol–water partition coefficient (Wildman–Crippen LogP) is 2.74. The van der Waals surface area contributed by atoms with Gasteiger partial charge in [-0.3, -0.25) is 4.98 Å². The van der Waals surface area contributed by atoms with Crippen molar-refractivity contribution in [1.29, 1.82) is 0 Å². The largest absolute Gasteiger partial charge is 0.390 e. The summed E-state index contributed by atoms with van der Waals surface area (Å²) in [6.07, 6.45) is 4.09. The van der Waals surface area contributed by atoms with Gasteiger partial charge in [0.25, 0.3) is 0 Å². The van der Waals surface area contributed by atoms with E-state index in [1.165, 1.54) is 17.3 Å². The number of aliphatic hydroxyl groups excluding tert-OH is 1. The molecule has 2 aromatic rings. The van der Waals surface area contributed by atoms with E-state index < -0.39 is 6.10 Å². The van der Waals surface area contributed by atoms with Gasteiger partial charge >= 0.3 is 0 Å². The van der Waals surface area contributed by atoms with E-state index in [1.54, 1.807) is 12.3 Å². The Morgan fingerprint density at radius 3 is 2.60 bits per heavy atom. The number of rotatable bonds is 2. The molecule has 0 bridgehead atoms. The van der Waals surface area contributed by atoms with E-state index >= 15 is 0 Å². The molecule has 1 saturated heterocycles. The minimum absolute atomic E-state index is 0.0143. The summed E-state index contributed by atoms with van der Waals surface area (Å²) in [7, 11) is 4.04. The highest BCUT2D eigenvalue weighted by atomic mass is 19.1. The molecule has 25 heavy (non-hydrogen) atoms. The van der Waals surface area contributed by atoms with Crippen molar-refractivity contribution >= 4 is 5.69 Å². The predicted molar refractivity (Wildman–Crippen MR) is 96.2 cm³/mol. The molecule has 4 nitrogen and oxygen atoms in total. The number of anilines is 1. The summed E-state index contributed by atoms with van der Waals surface area (Å²) in [5.41, 5.74) is 2.85. The molecule has 1 aliphatic carbocycles.